The molecule has 2 rings (SSSR count). The summed E-state index contributed by atoms with van der Waals surface area (Å²) in [5.74, 6) is -1.07. The average Bonchev–Trinajstić information content (AvgIpc) is 2.45. The lowest BCUT2D eigenvalue weighted by Gasteiger charge is -2.37. The van der Waals surface area contributed by atoms with Crippen LogP contribution < -0.4 is 4.90 Å². The first-order valence-corrected chi connectivity index (χ1v) is 6.83. The van der Waals surface area contributed by atoms with Gasteiger partial charge in [0.15, 0.2) is 0 Å². The molecule has 1 saturated heterocycles. The SMILES string of the molecule is CN1CCCC(N(C)c2cc([N+](=O)[O-])ccc2C(=O)O)C1. The normalized spacial score (nSPS) is 19.2. The highest BCUT2D eigenvalue weighted by molar-refractivity contribution is 5.95. The van der Waals surface area contributed by atoms with E-state index in [0.717, 1.165) is 25.9 Å². The molecule has 1 unspecified atom stereocenters. The molecule has 114 valence electrons. The summed E-state index contributed by atoms with van der Waals surface area (Å²) in [4.78, 5) is 25.8. The van der Waals surface area contributed by atoms with E-state index >= 15 is 0 Å². The van der Waals surface area contributed by atoms with E-state index in [4.69, 9.17) is 0 Å². The van der Waals surface area contributed by atoms with Gasteiger partial charge >= 0.3 is 5.97 Å². The number of rotatable bonds is 4. The monoisotopic (exact) mass is 293 g/mol. The van der Waals surface area contributed by atoms with Gasteiger partial charge in [0, 0.05) is 31.8 Å². The number of likely N-dealkylation sites (tertiary alicyclic amines) is 1. The molecule has 1 N–H and O–H groups in total. The highest BCUT2D eigenvalue weighted by atomic mass is 16.6. The van der Waals surface area contributed by atoms with Crippen LogP contribution in [0, 0.1) is 10.1 Å². The highest BCUT2D eigenvalue weighted by Crippen LogP contribution is 2.29. The van der Waals surface area contributed by atoms with Gasteiger partial charge in [-0.05, 0) is 32.5 Å². The van der Waals surface area contributed by atoms with Gasteiger partial charge in [0.05, 0.1) is 16.2 Å². The first-order chi connectivity index (χ1) is 9.90. The predicted octanol–water partition coefficient (Wildman–Crippen LogP) is 1.82. The van der Waals surface area contributed by atoms with E-state index in [9.17, 15) is 20.0 Å². The number of hydrogen-bond donors (Lipinski definition) is 1. The van der Waals surface area contributed by atoms with E-state index in [0.29, 0.717) is 5.69 Å². The molecule has 0 bridgehead atoms. The number of nitro groups is 1. The van der Waals surface area contributed by atoms with Crippen molar-refractivity contribution in [2.24, 2.45) is 0 Å². The molecule has 1 aromatic rings. The maximum absolute atomic E-state index is 11.3. The van der Waals surface area contributed by atoms with Crippen LogP contribution in [0.3, 0.4) is 0 Å². The van der Waals surface area contributed by atoms with Crippen molar-refractivity contribution < 1.29 is 14.8 Å². The second-order valence-electron chi connectivity index (χ2n) is 5.43. The van der Waals surface area contributed by atoms with E-state index < -0.39 is 10.9 Å². The molecule has 1 aliphatic heterocycles. The number of nitrogens with zero attached hydrogens (tertiary/aromatic N) is 3. The topological polar surface area (TPSA) is 86.9 Å². The van der Waals surface area contributed by atoms with Gasteiger partial charge in [-0.25, -0.2) is 4.79 Å². The number of hydrogen-bond acceptors (Lipinski definition) is 5. The van der Waals surface area contributed by atoms with Crippen molar-refractivity contribution in [1.82, 2.24) is 4.90 Å². The smallest absolute Gasteiger partial charge is 0.337 e. The molecule has 1 aromatic carbocycles. The molecule has 0 saturated carbocycles. The van der Waals surface area contributed by atoms with Gasteiger partial charge in [-0.15, -0.1) is 0 Å². The number of piperidine rings is 1. The molecular weight excluding hydrogens is 274 g/mol. The van der Waals surface area contributed by atoms with Crippen LogP contribution in [0.1, 0.15) is 23.2 Å². The molecular formula is C14H19N3O4. The van der Waals surface area contributed by atoms with Crippen LogP contribution in [0.15, 0.2) is 18.2 Å². The Kier molecular flexibility index (Phi) is 4.42. The zero-order chi connectivity index (χ0) is 15.6. The van der Waals surface area contributed by atoms with Gasteiger partial charge in [-0.3, -0.25) is 10.1 Å². The Morgan fingerprint density at radius 3 is 2.81 bits per heavy atom. The Morgan fingerprint density at radius 2 is 2.24 bits per heavy atom. The predicted molar refractivity (Wildman–Crippen MR) is 79.0 cm³/mol. The summed E-state index contributed by atoms with van der Waals surface area (Å²) < 4.78 is 0. The summed E-state index contributed by atoms with van der Waals surface area (Å²) in [6.07, 6.45) is 1.98. The molecule has 0 aromatic heterocycles. The van der Waals surface area contributed by atoms with E-state index in [1.165, 1.54) is 18.2 Å². The highest BCUT2D eigenvalue weighted by Gasteiger charge is 2.25. The van der Waals surface area contributed by atoms with Crippen molar-refractivity contribution in [3.05, 3.63) is 33.9 Å². The summed E-state index contributed by atoms with van der Waals surface area (Å²) in [5.41, 5.74) is 0.402. The van der Waals surface area contributed by atoms with Gasteiger partial charge < -0.3 is 14.9 Å². The first-order valence-electron chi connectivity index (χ1n) is 6.83. The minimum absolute atomic E-state index is 0.0917. The molecule has 1 atom stereocenters. The molecule has 0 spiro atoms. The van der Waals surface area contributed by atoms with Crippen LogP contribution in [-0.4, -0.2) is 54.1 Å². The van der Waals surface area contributed by atoms with Gasteiger partial charge in [-0.2, -0.15) is 0 Å². The minimum atomic E-state index is -1.07. The molecule has 0 radical (unpaired) electrons. The summed E-state index contributed by atoms with van der Waals surface area (Å²) in [6.45, 7) is 1.84. The van der Waals surface area contributed by atoms with Crippen LogP contribution in [0.25, 0.3) is 0 Å². The van der Waals surface area contributed by atoms with E-state index in [1.54, 1.807) is 7.05 Å². The Hall–Kier alpha value is -2.15. The fourth-order valence-corrected chi connectivity index (χ4v) is 2.76. The van der Waals surface area contributed by atoms with Crippen molar-refractivity contribution in [2.45, 2.75) is 18.9 Å². The van der Waals surface area contributed by atoms with E-state index in [-0.39, 0.29) is 17.3 Å². The number of anilines is 1. The Bertz CT molecular complexity index is 561. The van der Waals surface area contributed by atoms with Crippen LogP contribution in [0.4, 0.5) is 11.4 Å². The van der Waals surface area contributed by atoms with Gasteiger partial charge in [-0.1, -0.05) is 0 Å². The molecule has 1 heterocycles. The lowest BCUT2D eigenvalue weighted by molar-refractivity contribution is -0.384. The first kappa shape index (κ1) is 15.2. The number of nitro benzene ring substituents is 1. The van der Waals surface area contributed by atoms with Gasteiger partial charge in [0.25, 0.3) is 5.69 Å². The second-order valence-corrected chi connectivity index (χ2v) is 5.43. The Labute approximate surface area is 122 Å². The summed E-state index contributed by atoms with van der Waals surface area (Å²) in [7, 11) is 3.82. The zero-order valence-electron chi connectivity index (χ0n) is 12.2. The maximum atomic E-state index is 11.3. The molecule has 1 fully saturated rings. The summed E-state index contributed by atoms with van der Waals surface area (Å²) in [5, 5.41) is 20.2. The third-order valence-corrected chi connectivity index (χ3v) is 3.95. The van der Waals surface area contributed by atoms with Crippen LogP contribution in [0.2, 0.25) is 0 Å². The van der Waals surface area contributed by atoms with Gasteiger partial charge in [0.1, 0.15) is 0 Å². The minimum Gasteiger partial charge on any atom is -0.478 e. The van der Waals surface area contributed by atoms with Crippen molar-refractivity contribution in [3.63, 3.8) is 0 Å². The summed E-state index contributed by atoms with van der Waals surface area (Å²) >= 11 is 0. The third kappa shape index (κ3) is 3.30. The second kappa shape index (κ2) is 6.09. The van der Waals surface area contributed by atoms with Crippen molar-refractivity contribution in [1.29, 1.82) is 0 Å². The number of aromatic carboxylic acids is 1. The number of carboxylic acids is 1. The Morgan fingerprint density at radius 1 is 1.52 bits per heavy atom. The number of non-ortho nitro benzene ring substituents is 1. The summed E-state index contributed by atoms with van der Waals surface area (Å²) in [6, 6.07) is 4.04. The third-order valence-electron chi connectivity index (χ3n) is 3.95. The van der Waals surface area contributed by atoms with Crippen LogP contribution in [-0.2, 0) is 0 Å². The molecule has 21 heavy (non-hydrogen) atoms. The van der Waals surface area contributed by atoms with Crippen molar-refractivity contribution in [3.8, 4) is 0 Å². The number of benzene rings is 1. The largest absolute Gasteiger partial charge is 0.478 e. The number of carbonyl (C=O) groups is 1. The average molecular weight is 293 g/mol. The maximum Gasteiger partial charge on any atom is 0.337 e. The molecule has 0 aliphatic carbocycles. The molecule has 1 aliphatic rings. The fourth-order valence-electron chi connectivity index (χ4n) is 2.76. The quantitative estimate of drug-likeness (QED) is 0.673. The van der Waals surface area contributed by atoms with Gasteiger partial charge in [0.2, 0.25) is 0 Å². The number of likely N-dealkylation sites (N-methyl/N-ethyl adjacent to an activating group) is 2. The number of carboxylic acid groups (broad SMARTS) is 1. The lowest BCUT2D eigenvalue weighted by Crippen LogP contribution is -2.45. The fraction of sp³-hybridized carbons (Fsp3) is 0.500. The van der Waals surface area contributed by atoms with E-state index in [1.807, 2.05) is 11.9 Å². The zero-order valence-corrected chi connectivity index (χ0v) is 12.2. The molecule has 0 amide bonds. The Balaban J connectivity index is 2.37. The van der Waals surface area contributed by atoms with Crippen LogP contribution >= 0.6 is 0 Å². The lowest BCUT2D eigenvalue weighted by atomic mass is 10.0. The van der Waals surface area contributed by atoms with Crippen molar-refractivity contribution in [2.75, 3.05) is 32.1 Å². The van der Waals surface area contributed by atoms with Crippen molar-refractivity contribution >= 4 is 17.3 Å². The molecule has 7 nitrogen and oxygen atoms in total. The van der Waals surface area contributed by atoms with E-state index in [2.05, 4.69) is 4.90 Å². The van der Waals surface area contributed by atoms with Crippen LogP contribution in [0.5, 0.6) is 0 Å². The standard InChI is InChI=1S/C14H19N3O4/c1-15-7-3-4-11(9-15)16(2)13-8-10(17(20)21)5-6-12(13)14(18)19/h5-6,8,11H,3-4,7,9H2,1-2H3,(H,18,19). The molecule has 7 heteroatoms.